The maximum absolute atomic E-state index is 12.8. The van der Waals surface area contributed by atoms with E-state index in [1.807, 2.05) is 0 Å². The molecule has 2 rings (SSSR count). The van der Waals surface area contributed by atoms with Crippen LogP contribution in [0.3, 0.4) is 0 Å². The zero-order chi connectivity index (χ0) is 19.5. The number of methoxy groups -OCH3 is 1. The van der Waals surface area contributed by atoms with Gasteiger partial charge in [-0.3, -0.25) is 14.5 Å². The molecule has 1 N–H and O–H groups in total. The first kappa shape index (κ1) is 20.6. The molecule has 0 fully saturated rings. The van der Waals surface area contributed by atoms with Gasteiger partial charge in [-0.1, -0.05) is 19.6 Å². The number of amides is 1. The SMILES string of the molecule is COCC(=O)CN1C(=O)c2c(ncn2COCC[Si](C)(C)C)N(C)C1O. The van der Waals surface area contributed by atoms with Crippen molar-refractivity contribution in [2.45, 2.75) is 38.8 Å². The van der Waals surface area contributed by atoms with Crippen molar-refractivity contribution >= 4 is 25.6 Å². The number of aliphatic hydroxyl groups excluding tert-OH is 1. The summed E-state index contributed by atoms with van der Waals surface area (Å²) in [5, 5.41) is 10.3. The number of imidazole rings is 1. The van der Waals surface area contributed by atoms with Crippen molar-refractivity contribution in [1.29, 1.82) is 0 Å². The van der Waals surface area contributed by atoms with Gasteiger partial charge in [-0.15, -0.1) is 0 Å². The molecule has 26 heavy (non-hydrogen) atoms. The normalized spacial score (nSPS) is 17.6. The van der Waals surface area contributed by atoms with E-state index in [-0.39, 0.29) is 25.7 Å². The number of nitrogens with zero attached hydrogens (tertiary/aromatic N) is 4. The van der Waals surface area contributed by atoms with E-state index in [0.29, 0.717) is 18.1 Å². The highest BCUT2D eigenvalue weighted by Gasteiger charge is 2.39. The first-order chi connectivity index (χ1) is 12.2. The molecular formula is C16H28N4O5Si. The van der Waals surface area contributed by atoms with Crippen LogP contribution in [0.15, 0.2) is 6.33 Å². The Bertz CT molecular complexity index is 658. The fraction of sp³-hybridized carbons (Fsp3) is 0.688. The number of Topliss-reactive ketones (excluding diaryl/α,β-unsaturated/α-hetero) is 1. The number of aromatic nitrogens is 2. The van der Waals surface area contributed by atoms with E-state index in [2.05, 4.69) is 24.6 Å². The number of ketones is 1. The molecular weight excluding hydrogens is 356 g/mol. The maximum atomic E-state index is 12.8. The second kappa shape index (κ2) is 8.29. The topological polar surface area (TPSA) is 97.1 Å². The van der Waals surface area contributed by atoms with E-state index in [9.17, 15) is 14.7 Å². The Labute approximate surface area is 154 Å². The Morgan fingerprint density at radius 1 is 1.38 bits per heavy atom. The van der Waals surface area contributed by atoms with Crippen molar-refractivity contribution < 1.29 is 24.2 Å². The van der Waals surface area contributed by atoms with Crippen LogP contribution in [0.1, 0.15) is 10.5 Å². The summed E-state index contributed by atoms with van der Waals surface area (Å²) in [4.78, 5) is 31.5. The summed E-state index contributed by atoms with van der Waals surface area (Å²) in [6, 6.07) is 1.02. The summed E-state index contributed by atoms with van der Waals surface area (Å²) in [7, 11) is 1.83. The van der Waals surface area contributed by atoms with Gasteiger partial charge in [0, 0.05) is 28.8 Å². The lowest BCUT2D eigenvalue weighted by atomic mass is 10.2. The number of ether oxygens (including phenoxy) is 2. The van der Waals surface area contributed by atoms with Gasteiger partial charge in [0.05, 0.1) is 12.9 Å². The first-order valence-electron chi connectivity index (χ1n) is 8.51. The lowest BCUT2D eigenvalue weighted by Crippen LogP contribution is -2.56. The molecule has 2 heterocycles. The predicted molar refractivity (Wildman–Crippen MR) is 98.7 cm³/mol. The third-order valence-electron chi connectivity index (χ3n) is 4.12. The Balaban J connectivity index is 2.13. The van der Waals surface area contributed by atoms with Crippen LogP contribution in [0.4, 0.5) is 5.82 Å². The molecule has 1 aliphatic heterocycles. The lowest BCUT2D eigenvalue weighted by Gasteiger charge is -2.38. The summed E-state index contributed by atoms with van der Waals surface area (Å²) in [6.45, 7) is 7.26. The summed E-state index contributed by atoms with van der Waals surface area (Å²) in [5.41, 5.74) is 0.302. The average Bonchev–Trinajstić information content (AvgIpc) is 2.97. The molecule has 1 amide bonds. The van der Waals surface area contributed by atoms with Crippen LogP contribution < -0.4 is 4.90 Å². The van der Waals surface area contributed by atoms with Crippen LogP contribution >= 0.6 is 0 Å². The van der Waals surface area contributed by atoms with E-state index >= 15 is 0 Å². The van der Waals surface area contributed by atoms with Gasteiger partial charge >= 0.3 is 0 Å². The van der Waals surface area contributed by atoms with Crippen molar-refractivity contribution in [3.8, 4) is 0 Å². The van der Waals surface area contributed by atoms with Gasteiger partial charge in [-0.25, -0.2) is 4.98 Å². The molecule has 1 aromatic heterocycles. The first-order valence-corrected chi connectivity index (χ1v) is 12.2. The molecule has 0 radical (unpaired) electrons. The minimum absolute atomic E-state index is 0.119. The summed E-state index contributed by atoms with van der Waals surface area (Å²) in [6.07, 6.45) is 0.257. The quantitative estimate of drug-likeness (QED) is 0.491. The van der Waals surface area contributed by atoms with Crippen LogP contribution in [0.5, 0.6) is 0 Å². The summed E-state index contributed by atoms with van der Waals surface area (Å²) in [5.74, 6) is -0.387. The largest absolute Gasteiger partial charge is 0.377 e. The van der Waals surface area contributed by atoms with Gasteiger partial charge in [-0.05, 0) is 6.04 Å². The van der Waals surface area contributed by atoms with Crippen molar-refractivity contribution in [3.63, 3.8) is 0 Å². The molecule has 10 heteroatoms. The zero-order valence-electron chi connectivity index (χ0n) is 16.1. The zero-order valence-corrected chi connectivity index (χ0v) is 17.1. The number of carbonyl (C=O) groups is 2. The fourth-order valence-electron chi connectivity index (χ4n) is 2.60. The van der Waals surface area contributed by atoms with Crippen molar-refractivity contribution in [2.75, 3.05) is 38.8 Å². The summed E-state index contributed by atoms with van der Waals surface area (Å²) >= 11 is 0. The minimum Gasteiger partial charge on any atom is -0.377 e. The Hall–Kier alpha value is -1.75. The number of rotatable bonds is 9. The fourth-order valence-corrected chi connectivity index (χ4v) is 3.35. The van der Waals surface area contributed by atoms with Gasteiger partial charge in [0.25, 0.3) is 5.91 Å². The van der Waals surface area contributed by atoms with E-state index in [1.165, 1.54) is 18.3 Å². The molecule has 1 unspecified atom stereocenters. The number of hydrogen-bond acceptors (Lipinski definition) is 7. The highest BCUT2D eigenvalue weighted by molar-refractivity contribution is 6.76. The highest BCUT2D eigenvalue weighted by Crippen LogP contribution is 2.27. The Morgan fingerprint density at radius 3 is 2.69 bits per heavy atom. The second-order valence-electron chi connectivity index (χ2n) is 7.60. The number of aliphatic hydroxyl groups is 1. The van der Waals surface area contributed by atoms with Crippen LogP contribution in [0.2, 0.25) is 25.7 Å². The highest BCUT2D eigenvalue weighted by atomic mass is 28.3. The van der Waals surface area contributed by atoms with Gasteiger partial charge in [0.15, 0.2) is 17.3 Å². The number of anilines is 1. The van der Waals surface area contributed by atoms with Crippen LogP contribution in [-0.4, -0.2) is 79.6 Å². The molecule has 9 nitrogen and oxygen atoms in total. The molecule has 0 aromatic carbocycles. The maximum Gasteiger partial charge on any atom is 0.278 e. The molecule has 0 saturated carbocycles. The van der Waals surface area contributed by atoms with Crippen LogP contribution in [0.25, 0.3) is 0 Å². The number of carbonyl (C=O) groups excluding carboxylic acids is 2. The standard InChI is InChI=1S/C16H28N4O5Si/c1-18-14-13(15(22)20(16(18)23)8-12(21)9-24-2)19(10-17-14)11-25-6-7-26(3,4)5/h10,16,23H,6-9,11H2,1-5H3. The molecule has 0 aliphatic carbocycles. The lowest BCUT2D eigenvalue weighted by molar-refractivity contribution is -0.125. The molecule has 0 saturated heterocycles. The van der Waals surface area contributed by atoms with E-state index < -0.39 is 20.3 Å². The molecule has 0 bridgehead atoms. The van der Waals surface area contributed by atoms with Gasteiger partial charge in [0.2, 0.25) is 6.35 Å². The van der Waals surface area contributed by atoms with Crippen molar-refractivity contribution in [3.05, 3.63) is 12.0 Å². The Kier molecular flexibility index (Phi) is 6.56. The van der Waals surface area contributed by atoms with E-state index in [0.717, 1.165) is 10.9 Å². The Morgan fingerprint density at radius 2 is 2.08 bits per heavy atom. The van der Waals surface area contributed by atoms with Crippen molar-refractivity contribution in [1.82, 2.24) is 14.5 Å². The smallest absolute Gasteiger partial charge is 0.278 e. The van der Waals surface area contributed by atoms with Gasteiger partial charge in [0.1, 0.15) is 13.3 Å². The predicted octanol–water partition coefficient (Wildman–Crippen LogP) is 0.579. The molecule has 1 aromatic rings. The molecule has 0 spiro atoms. The van der Waals surface area contributed by atoms with E-state index in [4.69, 9.17) is 9.47 Å². The van der Waals surface area contributed by atoms with Crippen LogP contribution in [-0.2, 0) is 21.0 Å². The second-order valence-corrected chi connectivity index (χ2v) is 13.2. The van der Waals surface area contributed by atoms with E-state index in [1.54, 1.807) is 11.6 Å². The number of hydrogen-bond donors (Lipinski definition) is 1. The molecule has 1 aliphatic rings. The molecule has 1 atom stereocenters. The van der Waals surface area contributed by atoms with Gasteiger partial charge in [-0.2, -0.15) is 0 Å². The number of fused-ring (bicyclic) bond motifs is 1. The monoisotopic (exact) mass is 384 g/mol. The average molecular weight is 385 g/mol. The third kappa shape index (κ3) is 4.70. The van der Waals surface area contributed by atoms with Gasteiger partial charge < -0.3 is 24.0 Å². The summed E-state index contributed by atoms with van der Waals surface area (Å²) < 4.78 is 12.1. The molecule has 146 valence electrons. The van der Waals surface area contributed by atoms with Crippen LogP contribution in [0, 0.1) is 0 Å². The minimum atomic E-state index is -1.26. The third-order valence-corrected chi connectivity index (χ3v) is 5.82. The van der Waals surface area contributed by atoms with Crippen molar-refractivity contribution in [2.24, 2.45) is 0 Å².